The lowest BCUT2D eigenvalue weighted by atomic mass is 10.1. The molecule has 0 atom stereocenters. The van der Waals surface area contributed by atoms with Crippen molar-refractivity contribution in [1.29, 1.82) is 0 Å². The van der Waals surface area contributed by atoms with E-state index in [9.17, 15) is 13.2 Å². The number of para-hydroxylation sites is 2. The van der Waals surface area contributed by atoms with E-state index in [0.717, 1.165) is 19.1 Å². The molecule has 3 aromatic rings. The topological polar surface area (TPSA) is 70.3 Å². The molecule has 0 N–H and O–H groups in total. The molecule has 142 valence electrons. The van der Waals surface area contributed by atoms with E-state index in [0.29, 0.717) is 23.4 Å². The van der Waals surface area contributed by atoms with Crippen molar-refractivity contribution in [2.75, 3.05) is 6.26 Å². The first-order valence-electron chi connectivity index (χ1n) is 8.79. The van der Waals surface area contributed by atoms with E-state index < -0.39 is 10.1 Å². The Balaban J connectivity index is 2.37. The van der Waals surface area contributed by atoms with Gasteiger partial charge in [-0.2, -0.15) is 8.42 Å². The molecule has 0 aliphatic rings. The van der Waals surface area contributed by atoms with E-state index in [-0.39, 0.29) is 11.4 Å². The summed E-state index contributed by atoms with van der Waals surface area (Å²) in [5, 5.41) is 0. The van der Waals surface area contributed by atoms with Crippen molar-refractivity contribution < 1.29 is 12.6 Å². The first-order valence-corrected chi connectivity index (χ1v) is 10.6. The SMILES string of the molecule is CCCCc1c(OS(C)(=O)=O)n(-c2ccccc2)n(-c2ccccc2)c1=O. The molecule has 3 rings (SSSR count). The Hall–Kier alpha value is -2.80. The minimum Gasteiger partial charge on any atom is -0.361 e. The van der Waals surface area contributed by atoms with Gasteiger partial charge in [0.25, 0.3) is 5.56 Å². The fraction of sp³-hybridized carbons (Fsp3) is 0.250. The van der Waals surface area contributed by atoms with Crippen LogP contribution in [0.15, 0.2) is 65.5 Å². The zero-order chi connectivity index (χ0) is 19.4. The lowest BCUT2D eigenvalue weighted by Gasteiger charge is -2.14. The fourth-order valence-corrected chi connectivity index (χ4v) is 3.39. The largest absolute Gasteiger partial charge is 0.361 e. The van der Waals surface area contributed by atoms with Gasteiger partial charge in [-0.05, 0) is 37.1 Å². The molecule has 1 heterocycles. The Morgan fingerprint density at radius 3 is 1.89 bits per heavy atom. The van der Waals surface area contributed by atoms with Crippen LogP contribution in [0.2, 0.25) is 0 Å². The molecule has 7 heteroatoms. The number of rotatable bonds is 7. The maximum absolute atomic E-state index is 13.2. The van der Waals surface area contributed by atoms with Gasteiger partial charge in [0.2, 0.25) is 5.88 Å². The number of benzene rings is 2. The summed E-state index contributed by atoms with van der Waals surface area (Å²) in [7, 11) is -3.81. The molecule has 0 bridgehead atoms. The van der Waals surface area contributed by atoms with Crippen molar-refractivity contribution in [3.63, 3.8) is 0 Å². The van der Waals surface area contributed by atoms with Gasteiger partial charge < -0.3 is 4.18 Å². The molecule has 0 spiro atoms. The highest BCUT2D eigenvalue weighted by Gasteiger charge is 2.25. The van der Waals surface area contributed by atoms with Crippen molar-refractivity contribution in [1.82, 2.24) is 9.36 Å². The summed E-state index contributed by atoms with van der Waals surface area (Å²) in [4.78, 5) is 13.2. The fourth-order valence-electron chi connectivity index (χ4n) is 2.93. The predicted molar refractivity (Wildman–Crippen MR) is 105 cm³/mol. The van der Waals surface area contributed by atoms with E-state index >= 15 is 0 Å². The van der Waals surface area contributed by atoms with Crippen LogP contribution in [0.5, 0.6) is 5.88 Å². The summed E-state index contributed by atoms with van der Waals surface area (Å²) in [6.07, 6.45) is 3.05. The average molecular weight is 386 g/mol. The third-order valence-corrected chi connectivity index (χ3v) is 4.57. The van der Waals surface area contributed by atoms with Gasteiger partial charge in [0.15, 0.2) is 0 Å². The smallest absolute Gasteiger partial charge is 0.307 e. The maximum Gasteiger partial charge on any atom is 0.307 e. The van der Waals surface area contributed by atoms with Crippen LogP contribution in [0.3, 0.4) is 0 Å². The van der Waals surface area contributed by atoms with Crippen molar-refractivity contribution in [2.45, 2.75) is 26.2 Å². The highest BCUT2D eigenvalue weighted by Crippen LogP contribution is 2.26. The van der Waals surface area contributed by atoms with Crippen LogP contribution >= 0.6 is 0 Å². The number of aromatic nitrogens is 2. The molecule has 0 aliphatic carbocycles. The van der Waals surface area contributed by atoms with Crippen molar-refractivity contribution >= 4 is 10.1 Å². The second kappa shape index (κ2) is 7.84. The summed E-state index contributed by atoms with van der Waals surface area (Å²) in [5.41, 5.74) is 1.35. The van der Waals surface area contributed by atoms with Crippen molar-refractivity contribution in [2.24, 2.45) is 0 Å². The zero-order valence-electron chi connectivity index (χ0n) is 15.3. The molecule has 0 saturated heterocycles. The van der Waals surface area contributed by atoms with Gasteiger partial charge in [0, 0.05) is 0 Å². The van der Waals surface area contributed by atoms with E-state index in [2.05, 4.69) is 0 Å². The van der Waals surface area contributed by atoms with Gasteiger partial charge in [-0.1, -0.05) is 49.7 Å². The third-order valence-electron chi connectivity index (χ3n) is 4.11. The van der Waals surface area contributed by atoms with Crippen LogP contribution in [-0.2, 0) is 16.5 Å². The number of hydrogen-bond donors (Lipinski definition) is 0. The maximum atomic E-state index is 13.2. The Morgan fingerprint density at radius 1 is 0.889 bits per heavy atom. The highest BCUT2D eigenvalue weighted by atomic mass is 32.2. The van der Waals surface area contributed by atoms with Gasteiger partial charge in [0.1, 0.15) is 0 Å². The van der Waals surface area contributed by atoms with Gasteiger partial charge in [-0.15, -0.1) is 0 Å². The molecule has 2 aromatic carbocycles. The summed E-state index contributed by atoms with van der Waals surface area (Å²) in [6.45, 7) is 2.01. The third kappa shape index (κ3) is 4.14. The second-order valence-corrected chi connectivity index (χ2v) is 7.85. The minimum atomic E-state index is -3.81. The molecule has 1 aromatic heterocycles. The van der Waals surface area contributed by atoms with E-state index in [1.807, 2.05) is 43.3 Å². The van der Waals surface area contributed by atoms with E-state index in [1.165, 1.54) is 9.36 Å². The van der Waals surface area contributed by atoms with Gasteiger partial charge >= 0.3 is 10.1 Å². The molecule has 6 nitrogen and oxygen atoms in total. The Labute approximate surface area is 158 Å². The normalized spacial score (nSPS) is 11.5. The predicted octanol–water partition coefficient (Wildman–Crippen LogP) is 3.31. The van der Waals surface area contributed by atoms with Crippen LogP contribution in [0.4, 0.5) is 0 Å². The van der Waals surface area contributed by atoms with Gasteiger partial charge in [-0.25, -0.2) is 9.36 Å². The van der Waals surface area contributed by atoms with E-state index in [1.54, 1.807) is 24.3 Å². The first kappa shape index (κ1) is 19.0. The Bertz CT molecular complexity index is 1070. The van der Waals surface area contributed by atoms with Gasteiger partial charge in [0.05, 0.1) is 23.2 Å². The zero-order valence-corrected chi connectivity index (χ0v) is 16.1. The van der Waals surface area contributed by atoms with Crippen molar-refractivity contribution in [3.8, 4) is 17.3 Å². The molecule has 0 amide bonds. The summed E-state index contributed by atoms with van der Waals surface area (Å²) in [5.74, 6) is 0.0472. The number of unbranched alkanes of at least 4 members (excludes halogenated alkanes) is 1. The standard InChI is InChI=1S/C20H22N2O4S/c1-3-4-15-18-19(23)21(16-11-7-5-8-12-16)22(17-13-9-6-10-14-17)20(18)26-27(2,24)25/h5-14H,3-4,15H2,1-2H3. The number of nitrogens with zero attached hydrogens (tertiary/aromatic N) is 2. The molecule has 0 unspecified atom stereocenters. The van der Waals surface area contributed by atoms with Crippen LogP contribution in [0.25, 0.3) is 11.4 Å². The van der Waals surface area contributed by atoms with Crippen LogP contribution < -0.4 is 9.74 Å². The van der Waals surface area contributed by atoms with Crippen LogP contribution in [-0.4, -0.2) is 24.0 Å². The summed E-state index contributed by atoms with van der Waals surface area (Å²) < 4.78 is 32.1. The number of hydrogen-bond acceptors (Lipinski definition) is 4. The minimum absolute atomic E-state index is 0.0472. The Kier molecular flexibility index (Phi) is 5.51. The second-order valence-electron chi connectivity index (χ2n) is 6.27. The first-order chi connectivity index (χ1) is 12.9. The van der Waals surface area contributed by atoms with Gasteiger partial charge in [-0.3, -0.25) is 4.79 Å². The quantitative estimate of drug-likeness (QED) is 0.584. The molecule has 0 fully saturated rings. The average Bonchev–Trinajstić information content (AvgIpc) is 2.91. The van der Waals surface area contributed by atoms with Crippen LogP contribution in [0, 0.1) is 0 Å². The van der Waals surface area contributed by atoms with Crippen LogP contribution in [0.1, 0.15) is 25.3 Å². The molecular formula is C20H22N2O4S. The molecule has 0 radical (unpaired) electrons. The van der Waals surface area contributed by atoms with Crippen molar-refractivity contribution in [3.05, 3.63) is 76.6 Å². The highest BCUT2D eigenvalue weighted by molar-refractivity contribution is 7.86. The lowest BCUT2D eigenvalue weighted by Crippen LogP contribution is -2.21. The molecule has 0 saturated carbocycles. The molecule has 27 heavy (non-hydrogen) atoms. The molecular weight excluding hydrogens is 364 g/mol. The monoisotopic (exact) mass is 386 g/mol. The summed E-state index contributed by atoms with van der Waals surface area (Å²) >= 11 is 0. The summed E-state index contributed by atoms with van der Waals surface area (Å²) in [6, 6.07) is 18.2. The Morgan fingerprint density at radius 2 is 1.41 bits per heavy atom. The lowest BCUT2D eigenvalue weighted by molar-refractivity contribution is 0.461. The molecule has 0 aliphatic heterocycles. The van der Waals surface area contributed by atoms with E-state index in [4.69, 9.17) is 4.18 Å².